The van der Waals surface area contributed by atoms with E-state index in [0.29, 0.717) is 0 Å². The summed E-state index contributed by atoms with van der Waals surface area (Å²) in [7, 11) is 0. The number of aliphatic imine (C=N–C) groups is 1. The molecule has 0 aliphatic rings. The van der Waals surface area contributed by atoms with Crippen LogP contribution in [0, 0.1) is 0 Å². The zero-order valence-electron chi connectivity index (χ0n) is 28.5. The van der Waals surface area contributed by atoms with Gasteiger partial charge in [0.15, 0.2) is 0 Å². The van der Waals surface area contributed by atoms with Gasteiger partial charge in [0.05, 0.1) is 17.4 Å². The lowest BCUT2D eigenvalue weighted by atomic mass is 9.95. The number of para-hydroxylation sites is 2. The van der Waals surface area contributed by atoms with E-state index in [9.17, 15) is 0 Å². The van der Waals surface area contributed by atoms with Crippen molar-refractivity contribution in [3.63, 3.8) is 0 Å². The lowest BCUT2D eigenvalue weighted by Crippen LogP contribution is -1.98. The first-order valence-electron chi connectivity index (χ1n) is 17.5. The molecule has 0 radical (unpaired) electrons. The van der Waals surface area contributed by atoms with Crippen LogP contribution >= 0.6 is 11.3 Å². The highest BCUT2D eigenvalue weighted by atomic mass is 32.1. The maximum atomic E-state index is 6.09. The lowest BCUT2D eigenvalue weighted by molar-refractivity contribution is 0.669. The van der Waals surface area contributed by atoms with Crippen LogP contribution in [0.2, 0.25) is 0 Å². The van der Waals surface area contributed by atoms with Crippen LogP contribution in [0.15, 0.2) is 179 Å². The smallest absolute Gasteiger partial charge is 0.135 e. The van der Waals surface area contributed by atoms with Gasteiger partial charge in [0.2, 0.25) is 0 Å². The van der Waals surface area contributed by atoms with Crippen molar-refractivity contribution in [1.82, 2.24) is 4.57 Å². The van der Waals surface area contributed by atoms with E-state index in [1.807, 2.05) is 48.9 Å². The van der Waals surface area contributed by atoms with Crippen LogP contribution in [-0.2, 0) is 0 Å². The summed E-state index contributed by atoms with van der Waals surface area (Å²) < 4.78 is 11.0. The van der Waals surface area contributed by atoms with Crippen molar-refractivity contribution in [3.8, 4) is 39.1 Å². The Morgan fingerprint density at radius 1 is 0.519 bits per heavy atom. The number of rotatable bonds is 6. The fraction of sp³-hybridized carbons (Fsp3) is 0.0208. The van der Waals surface area contributed by atoms with Gasteiger partial charge in [0.1, 0.15) is 11.2 Å². The fourth-order valence-electron chi connectivity index (χ4n) is 7.51. The Kier molecular flexibility index (Phi) is 7.22. The minimum absolute atomic E-state index is 0.915. The summed E-state index contributed by atoms with van der Waals surface area (Å²) in [6.07, 6.45) is 5.71. The van der Waals surface area contributed by atoms with E-state index in [4.69, 9.17) is 4.42 Å². The molecule has 246 valence electrons. The molecule has 3 nitrogen and oxygen atoms in total. The number of nitrogens with zero attached hydrogens (tertiary/aromatic N) is 2. The molecule has 10 aromatic rings. The highest BCUT2D eigenvalue weighted by Crippen LogP contribution is 2.39. The Bertz CT molecular complexity index is 3040. The third-order valence-corrected chi connectivity index (χ3v) is 11.1. The third kappa shape index (κ3) is 5.15. The molecule has 0 bridgehead atoms. The summed E-state index contributed by atoms with van der Waals surface area (Å²) in [5.74, 6) is 0. The van der Waals surface area contributed by atoms with Crippen molar-refractivity contribution in [2.24, 2.45) is 4.99 Å². The Labute approximate surface area is 305 Å². The molecule has 0 saturated carbocycles. The number of allylic oxidation sites excluding steroid dienone is 1. The predicted molar refractivity (Wildman–Crippen MR) is 222 cm³/mol. The number of hydrogen-bond donors (Lipinski definition) is 0. The van der Waals surface area contributed by atoms with Gasteiger partial charge < -0.3 is 8.98 Å². The summed E-state index contributed by atoms with van der Waals surface area (Å²) in [4.78, 5) is 4.53. The summed E-state index contributed by atoms with van der Waals surface area (Å²) in [5.41, 5.74) is 12.3. The van der Waals surface area contributed by atoms with Crippen LogP contribution in [0.25, 0.3) is 92.1 Å². The minimum Gasteiger partial charge on any atom is -0.456 e. The van der Waals surface area contributed by atoms with E-state index < -0.39 is 0 Å². The summed E-state index contributed by atoms with van der Waals surface area (Å²) in [6.45, 7) is 1.98. The quantitative estimate of drug-likeness (QED) is 0.160. The third-order valence-electron chi connectivity index (χ3n) is 9.99. The molecule has 0 amide bonds. The van der Waals surface area contributed by atoms with Crippen LogP contribution in [0.4, 0.5) is 0 Å². The fourth-order valence-corrected chi connectivity index (χ4v) is 8.58. The zero-order valence-corrected chi connectivity index (χ0v) is 29.3. The normalized spacial score (nSPS) is 12.2. The zero-order chi connectivity index (χ0) is 34.6. The second-order valence-electron chi connectivity index (χ2n) is 13.2. The maximum absolute atomic E-state index is 6.09. The first-order chi connectivity index (χ1) is 25.7. The molecule has 4 heteroatoms. The van der Waals surface area contributed by atoms with E-state index >= 15 is 0 Å². The van der Waals surface area contributed by atoms with Gasteiger partial charge in [-0.05, 0) is 113 Å². The van der Waals surface area contributed by atoms with Gasteiger partial charge in [-0.1, -0.05) is 91.0 Å². The van der Waals surface area contributed by atoms with Gasteiger partial charge in [0.25, 0.3) is 0 Å². The van der Waals surface area contributed by atoms with Crippen LogP contribution in [0.5, 0.6) is 0 Å². The van der Waals surface area contributed by atoms with Crippen molar-refractivity contribution in [2.45, 2.75) is 6.92 Å². The van der Waals surface area contributed by atoms with Gasteiger partial charge >= 0.3 is 0 Å². The topological polar surface area (TPSA) is 30.4 Å². The first-order valence-corrected chi connectivity index (χ1v) is 18.4. The first kappa shape index (κ1) is 30.3. The van der Waals surface area contributed by atoms with Gasteiger partial charge in [0, 0.05) is 48.2 Å². The van der Waals surface area contributed by atoms with E-state index in [-0.39, 0.29) is 0 Å². The Morgan fingerprint density at radius 2 is 1.13 bits per heavy atom. The van der Waals surface area contributed by atoms with Gasteiger partial charge in [-0.15, -0.1) is 11.3 Å². The van der Waals surface area contributed by atoms with E-state index in [1.54, 1.807) is 0 Å². The van der Waals surface area contributed by atoms with E-state index in [2.05, 4.69) is 155 Å². The molecule has 0 aliphatic heterocycles. The molecule has 0 unspecified atom stereocenters. The molecule has 0 fully saturated rings. The molecule has 7 aromatic carbocycles. The number of fused-ring (bicyclic) bond motifs is 7. The largest absolute Gasteiger partial charge is 0.456 e. The number of furan rings is 1. The average Bonchev–Trinajstić information content (AvgIpc) is 3.88. The van der Waals surface area contributed by atoms with Crippen molar-refractivity contribution in [1.29, 1.82) is 0 Å². The molecule has 52 heavy (non-hydrogen) atoms. The number of aromatic nitrogens is 1. The maximum Gasteiger partial charge on any atom is 0.135 e. The standard InChI is InChI=1S/C48H32N2OS/c1-2-23-49-30-39-26-37-9-3-5-15-44(37)50(39)38-19-22-48-43(29-38)42-28-36(18-21-47(42)52-48)34-13-8-11-32(25-34)31-10-7-12-33(24-31)35-17-20-46-41(27-35)40-14-4-6-16-45(40)51-46/h2-30H,1H3/b23-2-,49-30-. The SMILES string of the molecule is C/C=C\N=C/c1cc2ccccc2n1-c1ccc2sc3ccc(-c4cccc(-c5cccc(-c6ccc7oc8ccccc8c7c6)c5)c4)cc3c2c1. The number of hydrogen-bond acceptors (Lipinski definition) is 3. The monoisotopic (exact) mass is 684 g/mol. The molecule has 3 heterocycles. The summed E-state index contributed by atoms with van der Waals surface area (Å²) in [5, 5.41) is 6.02. The Morgan fingerprint density at radius 3 is 1.90 bits per heavy atom. The molecule has 10 rings (SSSR count). The van der Waals surface area contributed by atoms with Crippen molar-refractivity contribution in [2.75, 3.05) is 0 Å². The minimum atomic E-state index is 0.915. The van der Waals surface area contributed by atoms with Crippen LogP contribution in [-0.4, -0.2) is 10.8 Å². The predicted octanol–water partition coefficient (Wildman–Crippen LogP) is 13.9. The molecule has 3 aromatic heterocycles. The van der Waals surface area contributed by atoms with Gasteiger partial charge in [-0.25, -0.2) is 0 Å². The average molecular weight is 685 g/mol. The van der Waals surface area contributed by atoms with Gasteiger partial charge in [-0.2, -0.15) is 0 Å². The van der Waals surface area contributed by atoms with Crippen molar-refractivity contribution < 1.29 is 4.42 Å². The van der Waals surface area contributed by atoms with Crippen LogP contribution < -0.4 is 0 Å². The molecule has 0 N–H and O–H groups in total. The highest BCUT2D eigenvalue weighted by Gasteiger charge is 2.14. The number of thiophene rings is 1. The second-order valence-corrected chi connectivity index (χ2v) is 14.3. The molecule has 0 atom stereocenters. The van der Waals surface area contributed by atoms with Crippen LogP contribution in [0.3, 0.4) is 0 Å². The molecule has 0 spiro atoms. The van der Waals surface area contributed by atoms with E-state index in [0.717, 1.165) is 33.3 Å². The van der Waals surface area contributed by atoms with Crippen LogP contribution in [0.1, 0.15) is 12.6 Å². The summed E-state index contributed by atoms with van der Waals surface area (Å²) >= 11 is 1.85. The Hall–Kier alpha value is -6.49. The Balaban J connectivity index is 1.03. The second kappa shape index (κ2) is 12.4. The van der Waals surface area contributed by atoms with Crippen molar-refractivity contribution >= 4 is 70.6 Å². The van der Waals surface area contributed by atoms with Crippen molar-refractivity contribution in [3.05, 3.63) is 176 Å². The molecule has 0 aliphatic carbocycles. The summed E-state index contributed by atoms with van der Waals surface area (Å²) in [6, 6.07) is 56.9. The number of benzene rings is 7. The molecular weight excluding hydrogens is 653 g/mol. The molecular formula is C48H32N2OS. The lowest BCUT2D eigenvalue weighted by Gasteiger charge is -2.10. The van der Waals surface area contributed by atoms with Gasteiger partial charge in [-0.3, -0.25) is 4.99 Å². The highest BCUT2D eigenvalue weighted by molar-refractivity contribution is 7.25. The van der Waals surface area contributed by atoms with E-state index in [1.165, 1.54) is 64.5 Å². The molecule has 0 saturated heterocycles.